The second-order valence-corrected chi connectivity index (χ2v) is 7.82. The van der Waals surface area contributed by atoms with Crippen molar-refractivity contribution in [3.63, 3.8) is 0 Å². The summed E-state index contributed by atoms with van der Waals surface area (Å²) in [5.41, 5.74) is -0.209. The van der Waals surface area contributed by atoms with Gasteiger partial charge in [-0.15, -0.1) is 0 Å². The highest BCUT2D eigenvalue weighted by Crippen LogP contribution is 2.26. The molecule has 6 N–H and O–H groups in total. The van der Waals surface area contributed by atoms with Gasteiger partial charge in [-0.1, -0.05) is 20.8 Å². The molecule has 15 nitrogen and oxygen atoms in total. The topological polar surface area (TPSA) is 212 Å². The van der Waals surface area contributed by atoms with Gasteiger partial charge >= 0.3 is 0 Å². The van der Waals surface area contributed by atoms with Crippen molar-refractivity contribution in [1.82, 2.24) is 54.8 Å². The first-order valence-electron chi connectivity index (χ1n) is 10.00. The van der Waals surface area contributed by atoms with Crippen LogP contribution in [-0.2, 0) is 5.41 Å². The van der Waals surface area contributed by atoms with Crippen LogP contribution >= 0.6 is 0 Å². The molecule has 15 heteroatoms. The van der Waals surface area contributed by atoms with Crippen molar-refractivity contribution in [2.24, 2.45) is 0 Å². The van der Waals surface area contributed by atoms with E-state index < -0.39 is 16.5 Å². The van der Waals surface area contributed by atoms with Crippen molar-refractivity contribution in [2.75, 3.05) is 10.6 Å². The van der Waals surface area contributed by atoms with E-state index in [9.17, 15) is 9.59 Å². The lowest BCUT2D eigenvalue weighted by Crippen LogP contribution is -2.22. The molecule has 0 radical (unpaired) electrons. The SMILES string of the molecule is CCC(C)(C)c1nc(Nc2nc3[nH]cnc3c(=O)[nH]2)nc(Nc2nc3[nH]cnc3c(=O)[nH]2)n1. The highest BCUT2D eigenvalue weighted by Gasteiger charge is 2.24. The van der Waals surface area contributed by atoms with Crippen LogP contribution in [0.25, 0.3) is 22.3 Å². The quantitative estimate of drug-likeness (QED) is 0.215. The maximum Gasteiger partial charge on any atom is 0.280 e. The lowest BCUT2D eigenvalue weighted by molar-refractivity contribution is 0.472. The van der Waals surface area contributed by atoms with Crippen molar-refractivity contribution in [3.05, 3.63) is 39.2 Å². The Balaban J connectivity index is 1.55. The fourth-order valence-corrected chi connectivity index (χ4v) is 2.97. The van der Waals surface area contributed by atoms with E-state index in [-0.39, 0.29) is 34.8 Å². The number of rotatable bonds is 6. The Morgan fingerprint density at radius 1 is 0.788 bits per heavy atom. The predicted octanol–water partition coefficient (Wildman–Crippen LogP) is 0.966. The van der Waals surface area contributed by atoms with Crippen molar-refractivity contribution in [2.45, 2.75) is 32.6 Å². The maximum absolute atomic E-state index is 12.2. The molecule has 0 unspecified atom stereocenters. The molecular weight excluding hydrogens is 430 g/mol. The number of nitrogens with one attached hydrogen (secondary N) is 6. The summed E-state index contributed by atoms with van der Waals surface area (Å²) >= 11 is 0. The van der Waals surface area contributed by atoms with Gasteiger partial charge in [0.1, 0.15) is 5.82 Å². The normalized spacial score (nSPS) is 11.8. The minimum atomic E-state index is -0.417. The summed E-state index contributed by atoms with van der Waals surface area (Å²) in [5, 5.41) is 5.80. The molecule has 0 aliphatic rings. The number of aromatic nitrogens is 11. The van der Waals surface area contributed by atoms with Crippen LogP contribution in [0.15, 0.2) is 22.2 Å². The molecule has 0 fully saturated rings. The Hall–Kier alpha value is -4.69. The molecule has 0 aromatic carbocycles. The molecule has 0 saturated carbocycles. The standard InChI is InChI=1S/C18H19N13O2/c1-4-18(2,3)13-27-16(29-14-23-9-7(11(32)25-14)19-5-21-9)31-17(28-13)30-15-24-10-8(12(33)26-15)20-6-22-10/h5-6H,4H2,1-3H3,(H6,19,20,21,22,23,24,25,26,27,28,29,30,31,32,33). The summed E-state index contributed by atoms with van der Waals surface area (Å²) in [5.74, 6) is 1.01. The van der Waals surface area contributed by atoms with E-state index in [4.69, 9.17) is 0 Å². The Morgan fingerprint density at radius 3 is 1.73 bits per heavy atom. The van der Waals surface area contributed by atoms with E-state index >= 15 is 0 Å². The Morgan fingerprint density at radius 2 is 1.27 bits per heavy atom. The number of hydrogen-bond donors (Lipinski definition) is 6. The summed E-state index contributed by atoms with van der Waals surface area (Å²) < 4.78 is 0. The fourth-order valence-electron chi connectivity index (χ4n) is 2.97. The largest absolute Gasteiger partial charge is 0.329 e. The van der Waals surface area contributed by atoms with Crippen LogP contribution in [0.1, 0.15) is 33.0 Å². The van der Waals surface area contributed by atoms with Crippen LogP contribution < -0.4 is 21.8 Å². The lowest BCUT2D eigenvalue weighted by Gasteiger charge is -2.21. The van der Waals surface area contributed by atoms with Crippen LogP contribution in [0.3, 0.4) is 0 Å². The number of anilines is 4. The summed E-state index contributed by atoms with van der Waals surface area (Å²) in [6.07, 6.45) is 3.52. The van der Waals surface area contributed by atoms with Gasteiger partial charge in [0, 0.05) is 5.41 Å². The predicted molar refractivity (Wildman–Crippen MR) is 119 cm³/mol. The first-order chi connectivity index (χ1) is 15.8. The maximum atomic E-state index is 12.2. The molecule has 0 amide bonds. The molecule has 0 saturated heterocycles. The molecule has 0 bridgehead atoms. The number of hydrogen-bond acceptors (Lipinski definition) is 11. The smallest absolute Gasteiger partial charge is 0.280 e. The summed E-state index contributed by atoms with van der Waals surface area (Å²) in [7, 11) is 0. The molecule has 0 spiro atoms. The molecule has 168 valence electrons. The third-order valence-corrected chi connectivity index (χ3v) is 5.16. The summed E-state index contributed by atoms with van der Waals surface area (Å²) in [6, 6.07) is 0. The van der Waals surface area contributed by atoms with Gasteiger partial charge in [-0.3, -0.25) is 30.2 Å². The van der Waals surface area contributed by atoms with Gasteiger partial charge in [-0.2, -0.15) is 24.9 Å². The van der Waals surface area contributed by atoms with Gasteiger partial charge in [0.05, 0.1) is 12.7 Å². The molecule has 5 rings (SSSR count). The highest BCUT2D eigenvalue weighted by atomic mass is 16.1. The Bertz CT molecular complexity index is 1480. The van der Waals surface area contributed by atoms with Crippen LogP contribution in [0, 0.1) is 0 Å². The number of fused-ring (bicyclic) bond motifs is 2. The van der Waals surface area contributed by atoms with Gasteiger partial charge in [0.25, 0.3) is 11.1 Å². The average molecular weight is 449 g/mol. The van der Waals surface area contributed by atoms with E-state index in [1.807, 2.05) is 20.8 Å². The minimum Gasteiger partial charge on any atom is -0.329 e. The Kier molecular flexibility index (Phi) is 4.58. The molecule has 0 aliphatic carbocycles. The van der Waals surface area contributed by atoms with Crippen LogP contribution in [0.5, 0.6) is 0 Å². The lowest BCUT2D eigenvalue weighted by atomic mass is 9.89. The van der Waals surface area contributed by atoms with Crippen molar-refractivity contribution >= 4 is 46.1 Å². The zero-order chi connectivity index (χ0) is 23.2. The third kappa shape index (κ3) is 3.75. The third-order valence-electron chi connectivity index (χ3n) is 5.16. The van der Waals surface area contributed by atoms with Crippen molar-refractivity contribution in [1.29, 1.82) is 0 Å². The number of aromatic amines is 4. The first kappa shape index (κ1) is 20.2. The van der Waals surface area contributed by atoms with E-state index in [1.54, 1.807) is 0 Å². The minimum absolute atomic E-state index is 0.125. The molecule has 5 heterocycles. The van der Waals surface area contributed by atoms with Crippen LogP contribution in [0.4, 0.5) is 23.8 Å². The van der Waals surface area contributed by atoms with Crippen molar-refractivity contribution in [3.8, 4) is 0 Å². The van der Waals surface area contributed by atoms with Crippen LogP contribution in [-0.4, -0.2) is 54.8 Å². The zero-order valence-electron chi connectivity index (χ0n) is 17.8. The molecule has 0 atom stereocenters. The second-order valence-electron chi connectivity index (χ2n) is 7.82. The summed E-state index contributed by atoms with van der Waals surface area (Å²) in [6.45, 7) is 5.99. The van der Waals surface area contributed by atoms with E-state index in [1.165, 1.54) is 12.7 Å². The molecule has 0 aliphatic heterocycles. The average Bonchev–Trinajstić information content (AvgIpc) is 3.43. The van der Waals surface area contributed by atoms with Gasteiger partial charge in [0.15, 0.2) is 22.3 Å². The van der Waals surface area contributed by atoms with Gasteiger partial charge in [0.2, 0.25) is 23.8 Å². The Labute approximate surface area is 184 Å². The monoisotopic (exact) mass is 449 g/mol. The van der Waals surface area contributed by atoms with E-state index in [2.05, 4.69) is 65.5 Å². The van der Waals surface area contributed by atoms with E-state index in [0.717, 1.165) is 6.42 Å². The molecular formula is C18H19N13O2. The highest BCUT2D eigenvalue weighted by molar-refractivity contribution is 5.71. The number of nitrogens with zero attached hydrogens (tertiary/aromatic N) is 7. The molecule has 33 heavy (non-hydrogen) atoms. The zero-order valence-corrected chi connectivity index (χ0v) is 17.8. The number of imidazole rings is 2. The fraction of sp³-hybridized carbons (Fsp3) is 0.278. The van der Waals surface area contributed by atoms with Crippen LogP contribution in [0.2, 0.25) is 0 Å². The van der Waals surface area contributed by atoms with Gasteiger partial charge < -0.3 is 9.97 Å². The molecule has 5 aromatic rings. The molecule has 5 aromatic heterocycles. The second kappa shape index (κ2) is 7.47. The van der Waals surface area contributed by atoms with Gasteiger partial charge in [-0.25, -0.2) is 9.97 Å². The van der Waals surface area contributed by atoms with E-state index in [0.29, 0.717) is 17.1 Å². The summed E-state index contributed by atoms with van der Waals surface area (Å²) in [4.78, 5) is 65.0. The number of H-pyrrole nitrogens is 4. The van der Waals surface area contributed by atoms with Crippen molar-refractivity contribution < 1.29 is 0 Å². The van der Waals surface area contributed by atoms with Gasteiger partial charge in [-0.05, 0) is 6.42 Å². The first-order valence-corrected chi connectivity index (χ1v) is 10.00.